The minimum atomic E-state index is -3.93. The van der Waals surface area contributed by atoms with Crippen molar-refractivity contribution in [2.45, 2.75) is 49.9 Å². The Labute approximate surface area is 236 Å². The summed E-state index contributed by atoms with van der Waals surface area (Å²) >= 11 is 6.00. The summed E-state index contributed by atoms with van der Waals surface area (Å²) in [6.07, 6.45) is 0.918. The lowest BCUT2D eigenvalue weighted by Crippen LogP contribution is -2.50. The van der Waals surface area contributed by atoms with Crippen LogP contribution in [0.2, 0.25) is 5.02 Å². The highest BCUT2D eigenvalue weighted by Gasteiger charge is 2.38. The van der Waals surface area contributed by atoms with Crippen molar-refractivity contribution in [2.24, 2.45) is 0 Å². The Morgan fingerprint density at radius 3 is 2.52 bits per heavy atom. The molecule has 13 heteroatoms. The van der Waals surface area contributed by atoms with Crippen molar-refractivity contribution < 1.29 is 27.9 Å². The molecule has 3 amide bonds. The predicted octanol–water partition coefficient (Wildman–Crippen LogP) is 2.28. The molecule has 2 aliphatic rings. The first-order valence-electron chi connectivity index (χ1n) is 12.9. The number of aliphatic hydroxyl groups excluding tert-OH is 1. The molecule has 1 atom stereocenters. The van der Waals surface area contributed by atoms with E-state index in [0.717, 1.165) is 11.1 Å². The van der Waals surface area contributed by atoms with Gasteiger partial charge in [-0.2, -0.15) is 0 Å². The van der Waals surface area contributed by atoms with E-state index < -0.39 is 27.6 Å². The van der Waals surface area contributed by atoms with E-state index in [1.165, 1.54) is 33.4 Å². The van der Waals surface area contributed by atoms with E-state index in [0.29, 0.717) is 35.6 Å². The van der Waals surface area contributed by atoms with Gasteiger partial charge in [0.2, 0.25) is 5.91 Å². The Morgan fingerprint density at radius 1 is 1.15 bits per heavy atom. The lowest BCUT2D eigenvalue weighted by molar-refractivity contribution is -0.140. The smallest absolute Gasteiger partial charge is 0.330 e. The molecule has 1 saturated heterocycles. The molecule has 40 heavy (non-hydrogen) atoms. The van der Waals surface area contributed by atoms with E-state index in [4.69, 9.17) is 11.6 Å². The van der Waals surface area contributed by atoms with Crippen LogP contribution >= 0.6 is 11.6 Å². The van der Waals surface area contributed by atoms with Gasteiger partial charge in [-0.25, -0.2) is 22.8 Å². The molecule has 0 bridgehead atoms. The van der Waals surface area contributed by atoms with Gasteiger partial charge in [-0.3, -0.25) is 9.59 Å². The highest BCUT2D eigenvalue weighted by atomic mass is 35.5. The van der Waals surface area contributed by atoms with Crippen LogP contribution in [0.4, 0.5) is 4.79 Å². The molecule has 0 radical (unpaired) electrons. The van der Waals surface area contributed by atoms with E-state index >= 15 is 0 Å². The number of aromatic nitrogens is 2. The third-order valence-corrected chi connectivity index (χ3v) is 9.57. The number of aliphatic hydroxyl groups is 1. The fraction of sp³-hybridized carbons (Fsp3) is 0.407. The van der Waals surface area contributed by atoms with E-state index in [1.807, 2.05) is 0 Å². The Balaban J connectivity index is 1.18. The molecule has 5 rings (SSSR count). The number of likely N-dealkylation sites (tertiary alicyclic amines) is 1. The zero-order valence-electron chi connectivity index (χ0n) is 22.2. The van der Waals surface area contributed by atoms with Gasteiger partial charge in [0, 0.05) is 38.1 Å². The van der Waals surface area contributed by atoms with Gasteiger partial charge in [0.15, 0.2) is 9.84 Å². The number of fused-ring (bicyclic) bond motifs is 2. The Morgan fingerprint density at radius 2 is 1.82 bits per heavy atom. The fourth-order valence-corrected chi connectivity index (χ4v) is 6.75. The number of carbonyl (C=O) groups is 3. The largest absolute Gasteiger partial charge is 0.382 e. The monoisotopic (exact) mass is 587 g/mol. The molecular formula is C27H30ClN5O6S. The molecule has 2 aromatic carbocycles. The van der Waals surface area contributed by atoms with Crippen LogP contribution in [-0.4, -0.2) is 93.7 Å². The van der Waals surface area contributed by atoms with Crippen LogP contribution in [0.1, 0.15) is 31.3 Å². The second kappa shape index (κ2) is 10.8. The van der Waals surface area contributed by atoms with E-state index in [2.05, 4.69) is 4.98 Å². The maximum absolute atomic E-state index is 13.2. The summed E-state index contributed by atoms with van der Waals surface area (Å²) in [7, 11) is -2.29. The Kier molecular flexibility index (Phi) is 7.60. The third-order valence-electron chi connectivity index (χ3n) is 7.61. The van der Waals surface area contributed by atoms with Gasteiger partial charge < -0.3 is 19.8 Å². The summed E-state index contributed by atoms with van der Waals surface area (Å²) in [5, 5.41) is 12.6. The van der Waals surface area contributed by atoms with Gasteiger partial charge in [0.05, 0.1) is 35.6 Å². The minimum Gasteiger partial charge on any atom is -0.382 e. The maximum atomic E-state index is 13.2. The minimum absolute atomic E-state index is 0.0210. The number of piperidine rings is 1. The van der Waals surface area contributed by atoms with E-state index in [9.17, 15) is 27.9 Å². The second-order valence-electron chi connectivity index (χ2n) is 10.3. The average Bonchev–Trinajstić information content (AvgIpc) is 3.47. The van der Waals surface area contributed by atoms with Crippen molar-refractivity contribution in [3.8, 4) is 0 Å². The van der Waals surface area contributed by atoms with Gasteiger partial charge in [0.25, 0.3) is 5.91 Å². The normalized spacial score (nSPS) is 16.9. The van der Waals surface area contributed by atoms with Gasteiger partial charge in [-0.05, 0) is 47.9 Å². The van der Waals surface area contributed by atoms with Gasteiger partial charge in [-0.15, -0.1) is 0 Å². The van der Waals surface area contributed by atoms with Crippen LogP contribution in [0.25, 0.3) is 10.8 Å². The summed E-state index contributed by atoms with van der Waals surface area (Å²) in [5.41, 5.74) is 0.743. The number of hydrogen-bond acceptors (Lipinski definition) is 7. The molecule has 3 heterocycles. The quantitative estimate of drug-likeness (QED) is 0.448. The number of carbonyl (C=O) groups excluding carboxylic acids is 3. The molecule has 1 N–H and O–H groups in total. The first-order chi connectivity index (χ1) is 18.9. The molecule has 0 spiro atoms. The summed E-state index contributed by atoms with van der Waals surface area (Å²) in [6, 6.07) is 9.36. The Bertz CT molecular complexity index is 1600. The molecule has 11 nitrogen and oxygen atoms in total. The van der Waals surface area contributed by atoms with Gasteiger partial charge in [0.1, 0.15) is 11.9 Å². The molecule has 3 aromatic rings. The first kappa shape index (κ1) is 28.1. The van der Waals surface area contributed by atoms with Crippen molar-refractivity contribution in [1.82, 2.24) is 24.3 Å². The molecule has 2 aliphatic heterocycles. The number of amides is 3. The number of hydrogen-bond donors (Lipinski definition) is 1. The number of sulfone groups is 1. The number of imidazole rings is 1. The second-order valence-corrected chi connectivity index (χ2v) is 12.8. The average molecular weight is 588 g/mol. The molecule has 1 aromatic heterocycles. The van der Waals surface area contributed by atoms with Crippen LogP contribution in [0.3, 0.4) is 0 Å². The fourth-order valence-electron chi connectivity index (χ4n) is 5.24. The third kappa shape index (κ3) is 5.43. The van der Waals surface area contributed by atoms with E-state index in [1.54, 1.807) is 42.4 Å². The number of halogens is 1. The zero-order chi connectivity index (χ0) is 28.8. The van der Waals surface area contributed by atoms with Crippen molar-refractivity contribution in [3.63, 3.8) is 0 Å². The standard InChI is InChI=1S/C27H30ClN5O6S/c1-17(34)30(2)15-25-29-13-22-14-32(27(37)33(22)25)21-7-9-31(10-8-21)26(36)24(35)16-40(38,39)23-6-4-18-11-20(28)5-3-19(18)12-23/h3-6,11-13,21,24,35H,7-10,14-16H2,1-2H3/t24-/m1/s1. The maximum Gasteiger partial charge on any atom is 0.330 e. The van der Waals surface area contributed by atoms with Gasteiger partial charge in [-0.1, -0.05) is 23.7 Å². The molecule has 212 valence electrons. The molecule has 1 fully saturated rings. The summed E-state index contributed by atoms with van der Waals surface area (Å²) in [5.74, 6) is -1.01. The van der Waals surface area contributed by atoms with E-state index in [-0.39, 0.29) is 42.5 Å². The van der Waals surface area contributed by atoms with Crippen molar-refractivity contribution >= 4 is 50.1 Å². The van der Waals surface area contributed by atoms with Crippen LogP contribution in [0, 0.1) is 0 Å². The molecule has 0 saturated carbocycles. The lowest BCUT2D eigenvalue weighted by Gasteiger charge is -2.37. The summed E-state index contributed by atoms with van der Waals surface area (Å²) in [4.78, 5) is 46.8. The summed E-state index contributed by atoms with van der Waals surface area (Å²) < 4.78 is 27.5. The lowest BCUT2D eigenvalue weighted by atomic mass is 10.0. The van der Waals surface area contributed by atoms with Crippen molar-refractivity contribution in [1.29, 1.82) is 0 Å². The number of rotatable bonds is 7. The molecule has 0 aliphatic carbocycles. The first-order valence-corrected chi connectivity index (χ1v) is 14.9. The molecule has 0 unspecified atom stereocenters. The highest BCUT2D eigenvalue weighted by molar-refractivity contribution is 7.91. The van der Waals surface area contributed by atoms with Gasteiger partial charge >= 0.3 is 6.03 Å². The highest BCUT2D eigenvalue weighted by Crippen LogP contribution is 2.27. The summed E-state index contributed by atoms with van der Waals surface area (Å²) in [6.45, 7) is 2.62. The van der Waals surface area contributed by atoms with Crippen molar-refractivity contribution in [3.05, 3.63) is 59.1 Å². The molecular weight excluding hydrogens is 558 g/mol. The van der Waals surface area contributed by atoms with Crippen molar-refractivity contribution in [2.75, 3.05) is 25.9 Å². The predicted molar refractivity (Wildman–Crippen MR) is 147 cm³/mol. The zero-order valence-corrected chi connectivity index (χ0v) is 23.7. The number of benzene rings is 2. The topological polar surface area (TPSA) is 133 Å². The van der Waals surface area contributed by atoms with Crippen LogP contribution in [0.5, 0.6) is 0 Å². The SMILES string of the molecule is CC(=O)N(C)Cc1ncc2n1C(=O)N(C1CCN(C(=O)[C@H](O)CS(=O)(=O)c3ccc4cc(Cl)ccc4c3)CC1)C2. The van der Waals surface area contributed by atoms with Crippen LogP contribution in [0.15, 0.2) is 47.5 Å². The number of nitrogens with zero attached hydrogens (tertiary/aromatic N) is 5. The Hall–Kier alpha value is -3.48. The van der Waals surface area contributed by atoms with Crippen LogP contribution in [-0.2, 0) is 32.5 Å². The van der Waals surface area contributed by atoms with Crippen LogP contribution < -0.4 is 0 Å².